The van der Waals surface area contributed by atoms with E-state index >= 15 is 0 Å². The van der Waals surface area contributed by atoms with E-state index in [1.54, 1.807) is 69.3 Å². The molecule has 3 rings (SSSR count). The van der Waals surface area contributed by atoms with Crippen molar-refractivity contribution < 1.29 is 57.2 Å². The van der Waals surface area contributed by atoms with Crippen molar-refractivity contribution in [1.29, 1.82) is 0 Å². The van der Waals surface area contributed by atoms with Crippen molar-refractivity contribution >= 4 is 41.7 Å². The molecular formula is C43H61N5O12. The number of benzene rings is 2. The van der Waals surface area contributed by atoms with Gasteiger partial charge in [-0.05, 0) is 56.6 Å². The number of ether oxygens (including phenoxy) is 5. The molecule has 1 fully saturated rings. The van der Waals surface area contributed by atoms with E-state index in [4.69, 9.17) is 23.7 Å². The second-order valence-corrected chi connectivity index (χ2v) is 16.3. The average Bonchev–Trinajstić information content (AvgIpc) is 3.53. The molecule has 0 bridgehead atoms. The van der Waals surface area contributed by atoms with E-state index in [1.165, 1.54) is 14.2 Å². The third kappa shape index (κ3) is 15.2. The number of nitrogens with zero attached hydrogens (tertiary/aromatic N) is 1. The van der Waals surface area contributed by atoms with Gasteiger partial charge >= 0.3 is 18.0 Å². The molecule has 17 nitrogen and oxygen atoms in total. The summed E-state index contributed by atoms with van der Waals surface area (Å²) in [6.07, 6.45) is -3.25. The Hall–Kier alpha value is -5.55. The van der Waals surface area contributed by atoms with Gasteiger partial charge in [0.25, 0.3) is 0 Å². The number of carbonyl (C=O) groups excluding carboxylic acids is 7. The van der Waals surface area contributed by atoms with Gasteiger partial charge in [0.2, 0.25) is 23.6 Å². The summed E-state index contributed by atoms with van der Waals surface area (Å²) in [5.74, 6) is -4.53. The second-order valence-electron chi connectivity index (χ2n) is 16.3. The number of hydrogen-bond acceptors (Lipinski definition) is 12. The zero-order chi connectivity index (χ0) is 44.6. The first-order chi connectivity index (χ1) is 28.3. The van der Waals surface area contributed by atoms with Crippen LogP contribution in [0.5, 0.6) is 0 Å². The van der Waals surface area contributed by atoms with Crippen LogP contribution in [-0.4, -0.2) is 116 Å². The van der Waals surface area contributed by atoms with Gasteiger partial charge < -0.3 is 45.0 Å². The van der Waals surface area contributed by atoms with Gasteiger partial charge in [0.15, 0.2) is 0 Å². The zero-order valence-electron chi connectivity index (χ0n) is 36.0. The van der Waals surface area contributed by atoms with Gasteiger partial charge in [0.1, 0.15) is 42.0 Å². The van der Waals surface area contributed by atoms with Gasteiger partial charge in [-0.1, -0.05) is 88.4 Å². The molecule has 60 heavy (non-hydrogen) atoms. The minimum Gasteiger partial charge on any atom is -0.467 e. The van der Waals surface area contributed by atoms with Crippen LogP contribution in [0.15, 0.2) is 60.7 Å². The Morgan fingerprint density at radius 1 is 0.617 bits per heavy atom. The molecule has 0 saturated carbocycles. The van der Waals surface area contributed by atoms with E-state index in [-0.39, 0.29) is 37.9 Å². The maximum absolute atomic E-state index is 14.5. The number of esters is 2. The van der Waals surface area contributed by atoms with Crippen molar-refractivity contribution in [3.05, 3.63) is 71.8 Å². The monoisotopic (exact) mass is 839 g/mol. The Kier molecular flexibility index (Phi) is 19.0. The third-order valence-electron chi connectivity index (χ3n) is 9.16. The first-order valence-electron chi connectivity index (χ1n) is 20.0. The summed E-state index contributed by atoms with van der Waals surface area (Å²) >= 11 is 0. The van der Waals surface area contributed by atoms with Crippen molar-refractivity contribution in [3.63, 3.8) is 0 Å². The summed E-state index contributed by atoms with van der Waals surface area (Å²) < 4.78 is 28.3. The fourth-order valence-electron chi connectivity index (χ4n) is 6.54. The van der Waals surface area contributed by atoms with Crippen molar-refractivity contribution in [2.75, 3.05) is 27.3 Å². The highest BCUT2D eigenvalue weighted by atomic mass is 16.6. The lowest BCUT2D eigenvalue weighted by molar-refractivity contribution is -0.146. The Balaban J connectivity index is 2.08. The van der Waals surface area contributed by atoms with E-state index in [2.05, 4.69) is 21.3 Å². The molecule has 6 atom stereocenters. The predicted octanol–water partition coefficient (Wildman–Crippen LogP) is 2.79. The van der Waals surface area contributed by atoms with E-state index in [1.807, 2.05) is 39.8 Å². The topological polar surface area (TPSA) is 217 Å². The average molecular weight is 840 g/mol. The molecule has 1 saturated heterocycles. The zero-order valence-corrected chi connectivity index (χ0v) is 36.0. The van der Waals surface area contributed by atoms with E-state index in [9.17, 15) is 33.6 Å². The summed E-state index contributed by atoms with van der Waals surface area (Å²) in [4.78, 5) is 95.3. The summed E-state index contributed by atoms with van der Waals surface area (Å²) in [5, 5.41) is 10.3. The molecule has 1 heterocycles. The lowest BCUT2D eigenvalue weighted by atomic mass is 10.0. The lowest BCUT2D eigenvalue weighted by Gasteiger charge is -2.32. The second kappa shape index (κ2) is 23.3. The quantitative estimate of drug-likeness (QED) is 0.112. The number of methoxy groups -OCH3 is 2. The molecular weight excluding hydrogens is 778 g/mol. The molecule has 0 spiro atoms. The number of nitrogens with one attached hydrogen (secondary N) is 4. The van der Waals surface area contributed by atoms with Gasteiger partial charge in [-0.2, -0.15) is 0 Å². The van der Waals surface area contributed by atoms with Crippen LogP contribution in [0.4, 0.5) is 4.79 Å². The van der Waals surface area contributed by atoms with E-state index in [0.717, 1.165) is 4.90 Å². The number of hydrogen-bond donors (Lipinski definition) is 4. The molecule has 17 heteroatoms. The molecule has 2 aromatic carbocycles. The largest absolute Gasteiger partial charge is 0.467 e. The SMILES string of the molecule is COC(=O)[C@H](CC(C)C)NC(=O)CNC(=O)[C@H]1[C@@H](OCc2ccccc2)[C@H](OCc2ccccc2)[C@H](C(=O)NCC(=O)N[C@@H](CC(C)C)C(=O)OC)N1C(=O)OC(C)(C)C. The van der Waals surface area contributed by atoms with Crippen LogP contribution >= 0.6 is 0 Å². The Labute approximate surface area is 351 Å². The Morgan fingerprint density at radius 2 is 0.983 bits per heavy atom. The molecule has 0 radical (unpaired) electrons. The first-order valence-corrected chi connectivity index (χ1v) is 20.0. The van der Waals surface area contributed by atoms with Crippen LogP contribution in [0.1, 0.15) is 72.4 Å². The first kappa shape index (κ1) is 48.8. The molecule has 4 N–H and O–H groups in total. The highest BCUT2D eigenvalue weighted by molar-refractivity contribution is 5.96. The third-order valence-corrected chi connectivity index (χ3v) is 9.16. The van der Waals surface area contributed by atoms with Gasteiger partial charge in [-0.25, -0.2) is 14.4 Å². The highest BCUT2D eigenvalue weighted by Gasteiger charge is 2.59. The fraction of sp³-hybridized carbons (Fsp3) is 0.558. The summed E-state index contributed by atoms with van der Waals surface area (Å²) in [6, 6.07) is 12.7. The minimum absolute atomic E-state index is 0.0173. The van der Waals surface area contributed by atoms with Crippen LogP contribution in [-0.2, 0) is 65.7 Å². The molecule has 1 aliphatic heterocycles. The normalized spacial score (nSPS) is 18.6. The molecule has 0 aliphatic carbocycles. The molecule has 2 aromatic rings. The fourth-order valence-corrected chi connectivity index (χ4v) is 6.54. The van der Waals surface area contributed by atoms with Gasteiger partial charge in [0, 0.05) is 0 Å². The van der Waals surface area contributed by atoms with Crippen molar-refractivity contribution in [3.8, 4) is 0 Å². The molecule has 5 amide bonds. The molecule has 0 aromatic heterocycles. The van der Waals surface area contributed by atoms with Crippen molar-refractivity contribution in [2.24, 2.45) is 11.8 Å². The van der Waals surface area contributed by atoms with Crippen molar-refractivity contribution in [2.45, 2.75) is 116 Å². The van der Waals surface area contributed by atoms with Crippen LogP contribution in [0.25, 0.3) is 0 Å². The van der Waals surface area contributed by atoms with E-state index < -0.39 is 96.7 Å². The number of likely N-dealkylation sites (tertiary alicyclic amines) is 1. The summed E-state index contributed by atoms with van der Waals surface area (Å²) in [6.45, 7) is 10.9. The number of rotatable bonds is 20. The van der Waals surface area contributed by atoms with Crippen molar-refractivity contribution in [1.82, 2.24) is 26.2 Å². The van der Waals surface area contributed by atoms with Crippen LogP contribution in [0, 0.1) is 11.8 Å². The van der Waals surface area contributed by atoms with Crippen LogP contribution in [0.2, 0.25) is 0 Å². The lowest BCUT2D eigenvalue weighted by Crippen LogP contribution is -2.58. The van der Waals surface area contributed by atoms with Gasteiger partial charge in [-0.15, -0.1) is 0 Å². The maximum Gasteiger partial charge on any atom is 0.411 e. The van der Waals surface area contributed by atoms with E-state index in [0.29, 0.717) is 11.1 Å². The minimum atomic E-state index is -1.64. The smallest absolute Gasteiger partial charge is 0.411 e. The molecule has 330 valence electrons. The van der Waals surface area contributed by atoms with Gasteiger partial charge in [-0.3, -0.25) is 24.1 Å². The predicted molar refractivity (Wildman–Crippen MR) is 219 cm³/mol. The number of carbonyl (C=O) groups is 7. The Morgan fingerprint density at radius 3 is 1.30 bits per heavy atom. The highest BCUT2D eigenvalue weighted by Crippen LogP contribution is 2.34. The summed E-state index contributed by atoms with van der Waals surface area (Å²) in [7, 11) is 2.40. The Bertz CT molecular complexity index is 1640. The van der Waals surface area contributed by atoms with Crippen LogP contribution in [0.3, 0.4) is 0 Å². The molecule has 0 unspecified atom stereocenters. The number of amides is 5. The molecule has 1 aliphatic rings. The summed E-state index contributed by atoms with van der Waals surface area (Å²) in [5.41, 5.74) is 0.291. The standard InChI is InChI=1S/C43H61N5O12/c1-26(2)20-30(40(53)56-8)46-32(49)22-44-38(51)34-36(58-24-28-16-12-10-13-17-28)37(59-25-29-18-14-11-15-19-29)35(48(34)42(55)60-43(5,6)7)39(52)45-23-33(50)47-31(21-27(3)4)41(54)57-9/h10-19,26-27,30-31,34-37H,20-25H2,1-9H3,(H,44,51)(H,45,52)(H,46,49)(H,47,50)/t30-,31-,34+,35+,36+,37+/m0/s1. The van der Waals surface area contributed by atoms with Gasteiger partial charge in [0.05, 0.1) is 40.5 Å². The van der Waals surface area contributed by atoms with Crippen LogP contribution < -0.4 is 21.3 Å². The maximum atomic E-state index is 14.5.